The molecule has 0 unspecified atom stereocenters. The highest BCUT2D eigenvalue weighted by Gasteiger charge is 2.20. The lowest BCUT2D eigenvalue weighted by Gasteiger charge is -2.20. The van der Waals surface area contributed by atoms with Crippen molar-refractivity contribution in [1.82, 2.24) is 4.90 Å². The molecule has 0 aromatic carbocycles. The average molecular weight is 390 g/mol. The minimum Gasteiger partial charge on any atom is -0.468 e. The van der Waals surface area contributed by atoms with Crippen LogP contribution >= 0.6 is 0 Å². The first-order valence-corrected chi connectivity index (χ1v) is 11.0. The SMILES string of the molecule is CO[SiH2]CCCCCCCCCCC(=O)N(CC(=O)OC)CC(=O)OC. The van der Waals surface area contributed by atoms with Crippen LogP contribution < -0.4 is 0 Å². The van der Waals surface area contributed by atoms with Gasteiger partial charge in [-0.1, -0.05) is 44.9 Å². The lowest BCUT2D eigenvalue weighted by Crippen LogP contribution is -2.40. The second-order valence-corrected chi connectivity index (χ2v) is 8.02. The molecule has 0 aromatic rings. The maximum absolute atomic E-state index is 12.2. The smallest absolute Gasteiger partial charge is 0.325 e. The molecule has 26 heavy (non-hydrogen) atoms. The Kier molecular flexibility index (Phi) is 16.1. The summed E-state index contributed by atoms with van der Waals surface area (Å²) in [6, 6.07) is 1.27. The number of carbonyl (C=O) groups is 3. The van der Waals surface area contributed by atoms with Gasteiger partial charge in [0.25, 0.3) is 0 Å². The molecule has 0 N–H and O–H groups in total. The molecule has 0 rings (SSSR count). The van der Waals surface area contributed by atoms with Gasteiger partial charge in [0.15, 0.2) is 9.76 Å². The Morgan fingerprint density at radius 2 is 1.19 bits per heavy atom. The van der Waals surface area contributed by atoms with Gasteiger partial charge in [-0.25, -0.2) is 0 Å². The van der Waals surface area contributed by atoms with Crippen LogP contribution in [-0.2, 0) is 28.3 Å². The van der Waals surface area contributed by atoms with E-state index in [4.69, 9.17) is 4.43 Å². The summed E-state index contributed by atoms with van der Waals surface area (Å²) in [5.41, 5.74) is 0. The van der Waals surface area contributed by atoms with E-state index in [9.17, 15) is 14.4 Å². The quantitative estimate of drug-likeness (QED) is 0.227. The monoisotopic (exact) mass is 389 g/mol. The zero-order valence-corrected chi connectivity index (χ0v) is 18.0. The third-order valence-corrected chi connectivity index (χ3v) is 5.38. The van der Waals surface area contributed by atoms with Crippen LogP contribution in [-0.4, -0.2) is 66.9 Å². The summed E-state index contributed by atoms with van der Waals surface area (Å²) in [5, 5.41) is 0. The van der Waals surface area contributed by atoms with Gasteiger partial charge in [0.1, 0.15) is 13.1 Å². The van der Waals surface area contributed by atoms with Gasteiger partial charge < -0.3 is 18.8 Å². The zero-order chi connectivity index (χ0) is 19.6. The zero-order valence-electron chi connectivity index (χ0n) is 16.6. The van der Waals surface area contributed by atoms with E-state index in [-0.39, 0.29) is 28.8 Å². The molecule has 1 amide bonds. The molecule has 152 valence electrons. The highest BCUT2D eigenvalue weighted by atomic mass is 28.2. The van der Waals surface area contributed by atoms with Crippen LogP contribution in [0.25, 0.3) is 0 Å². The summed E-state index contributed by atoms with van der Waals surface area (Å²) in [6.45, 7) is -0.452. The van der Waals surface area contributed by atoms with Crippen molar-refractivity contribution in [2.24, 2.45) is 0 Å². The second kappa shape index (κ2) is 17.0. The van der Waals surface area contributed by atoms with Crippen LogP contribution in [0.3, 0.4) is 0 Å². The number of methoxy groups -OCH3 is 2. The fraction of sp³-hybridized carbons (Fsp3) is 0.833. The number of hydrogen-bond donors (Lipinski definition) is 0. The molecule has 0 radical (unpaired) electrons. The number of hydrogen-bond acceptors (Lipinski definition) is 6. The van der Waals surface area contributed by atoms with Gasteiger partial charge in [0, 0.05) is 13.5 Å². The molecule has 0 heterocycles. The minimum atomic E-state index is -0.546. The molecule has 0 aliphatic rings. The van der Waals surface area contributed by atoms with Crippen LogP contribution in [0.4, 0.5) is 0 Å². The molecule has 0 saturated heterocycles. The molecule has 0 aliphatic carbocycles. The molecule has 0 fully saturated rings. The minimum absolute atomic E-state index is 0.219. The number of amides is 1. The standard InChI is InChI=1S/C18H35NO6Si/c1-23-17(21)14-19(15-18(22)24-2)16(20)12-10-8-6-4-5-7-9-11-13-26-25-3/h4-15,26H2,1-3H3. The largest absolute Gasteiger partial charge is 0.468 e. The summed E-state index contributed by atoms with van der Waals surface area (Å²) < 4.78 is 14.3. The second-order valence-electron chi connectivity index (χ2n) is 6.33. The summed E-state index contributed by atoms with van der Waals surface area (Å²) in [6.07, 6.45) is 9.43. The van der Waals surface area contributed by atoms with Crippen molar-refractivity contribution in [3.63, 3.8) is 0 Å². The van der Waals surface area contributed by atoms with Gasteiger partial charge in [-0.05, 0) is 12.5 Å². The van der Waals surface area contributed by atoms with Crippen LogP contribution in [0.2, 0.25) is 6.04 Å². The summed E-state index contributed by atoms with van der Waals surface area (Å²) in [5.74, 6) is -1.31. The van der Waals surface area contributed by atoms with Crippen molar-refractivity contribution in [2.75, 3.05) is 34.4 Å². The molecule has 0 spiro atoms. The number of ether oxygens (including phenoxy) is 2. The van der Waals surface area contributed by atoms with Crippen molar-refractivity contribution in [1.29, 1.82) is 0 Å². The first kappa shape index (κ1) is 24.6. The lowest BCUT2D eigenvalue weighted by atomic mass is 10.1. The first-order valence-electron chi connectivity index (χ1n) is 9.45. The summed E-state index contributed by atoms with van der Waals surface area (Å²) >= 11 is 0. The van der Waals surface area contributed by atoms with Gasteiger partial charge >= 0.3 is 11.9 Å². The van der Waals surface area contributed by atoms with Gasteiger partial charge in [0.2, 0.25) is 5.91 Å². The van der Waals surface area contributed by atoms with E-state index in [2.05, 4.69) is 9.47 Å². The van der Waals surface area contributed by atoms with E-state index < -0.39 is 11.9 Å². The van der Waals surface area contributed by atoms with E-state index in [0.29, 0.717) is 6.42 Å². The fourth-order valence-electron chi connectivity index (χ4n) is 2.59. The van der Waals surface area contributed by atoms with E-state index >= 15 is 0 Å². The topological polar surface area (TPSA) is 82.1 Å². The molecule has 0 aromatic heterocycles. The van der Waals surface area contributed by atoms with Gasteiger partial charge in [-0.3, -0.25) is 14.4 Å². The van der Waals surface area contributed by atoms with E-state index in [1.807, 2.05) is 0 Å². The normalized spacial score (nSPS) is 10.9. The number of nitrogens with zero attached hydrogens (tertiary/aromatic N) is 1. The maximum Gasteiger partial charge on any atom is 0.325 e. The number of unbranched alkanes of at least 4 members (excludes halogenated alkanes) is 7. The molecule has 0 atom stereocenters. The lowest BCUT2D eigenvalue weighted by molar-refractivity contribution is -0.152. The van der Waals surface area contributed by atoms with Crippen molar-refractivity contribution < 1.29 is 28.3 Å². The fourth-order valence-corrected chi connectivity index (χ4v) is 3.44. The molecule has 8 heteroatoms. The van der Waals surface area contributed by atoms with Crippen molar-refractivity contribution in [3.8, 4) is 0 Å². The predicted molar refractivity (Wildman–Crippen MR) is 103 cm³/mol. The first-order chi connectivity index (χ1) is 12.5. The van der Waals surface area contributed by atoms with Crippen LogP contribution in [0.5, 0.6) is 0 Å². The third-order valence-electron chi connectivity index (χ3n) is 4.19. The van der Waals surface area contributed by atoms with E-state index in [0.717, 1.165) is 19.3 Å². The van der Waals surface area contributed by atoms with Crippen molar-refractivity contribution >= 4 is 27.6 Å². The Labute approximate surface area is 159 Å². The highest BCUT2D eigenvalue weighted by Crippen LogP contribution is 2.11. The van der Waals surface area contributed by atoms with E-state index in [1.54, 1.807) is 7.11 Å². The molecule has 0 saturated carbocycles. The number of esters is 2. The Hall–Kier alpha value is -1.41. The van der Waals surface area contributed by atoms with Crippen LogP contribution in [0, 0.1) is 0 Å². The number of rotatable bonds is 16. The van der Waals surface area contributed by atoms with Crippen LogP contribution in [0.1, 0.15) is 57.8 Å². The molecular formula is C18H35NO6Si. The Morgan fingerprint density at radius 3 is 1.65 bits per heavy atom. The molecule has 0 aliphatic heterocycles. The molecule has 7 nitrogen and oxygen atoms in total. The van der Waals surface area contributed by atoms with E-state index in [1.165, 1.54) is 57.3 Å². The Bertz CT molecular complexity index is 387. The number of carbonyl (C=O) groups excluding carboxylic acids is 3. The molecule has 0 bridgehead atoms. The Balaban J connectivity index is 3.84. The van der Waals surface area contributed by atoms with Crippen molar-refractivity contribution in [2.45, 2.75) is 63.8 Å². The van der Waals surface area contributed by atoms with Gasteiger partial charge in [-0.15, -0.1) is 0 Å². The van der Waals surface area contributed by atoms with Gasteiger partial charge in [0.05, 0.1) is 14.2 Å². The molecular weight excluding hydrogens is 354 g/mol. The maximum atomic E-state index is 12.2. The summed E-state index contributed by atoms with van der Waals surface area (Å²) in [4.78, 5) is 36.2. The van der Waals surface area contributed by atoms with Gasteiger partial charge in [-0.2, -0.15) is 0 Å². The summed E-state index contributed by atoms with van der Waals surface area (Å²) in [7, 11) is 4.04. The predicted octanol–water partition coefficient (Wildman–Crippen LogP) is 1.82. The average Bonchev–Trinajstić information content (AvgIpc) is 2.64. The Morgan fingerprint density at radius 1 is 0.731 bits per heavy atom. The third kappa shape index (κ3) is 13.8. The highest BCUT2D eigenvalue weighted by molar-refractivity contribution is 6.26. The van der Waals surface area contributed by atoms with Crippen LogP contribution in [0.15, 0.2) is 0 Å². The van der Waals surface area contributed by atoms with Crippen molar-refractivity contribution in [3.05, 3.63) is 0 Å².